The molecular formula is C11H12N2O5S. The maximum absolute atomic E-state index is 11.8. The third-order valence-electron chi connectivity index (χ3n) is 2.74. The Morgan fingerprint density at radius 1 is 1.21 bits per heavy atom. The van der Waals surface area contributed by atoms with Crippen LogP contribution in [0.3, 0.4) is 0 Å². The molecule has 0 aliphatic carbocycles. The second-order valence-corrected chi connectivity index (χ2v) is 5.50. The maximum Gasteiger partial charge on any atom is 0.326 e. The molecule has 19 heavy (non-hydrogen) atoms. The largest absolute Gasteiger partial charge is 0.326 e. The van der Waals surface area contributed by atoms with Gasteiger partial charge in [-0.2, -0.15) is 8.42 Å². The Hall–Kier alpha value is -1.93. The SMILES string of the molecule is CCCc1ccc(S(=O)(=O)O)c2[nH]c(=O)[nH]c(=O)c12. The highest BCUT2D eigenvalue weighted by molar-refractivity contribution is 7.86. The normalized spacial score (nSPS) is 11.9. The standard InChI is InChI=1S/C11H12N2O5S/c1-2-3-6-4-5-7(19(16,17)18)9-8(6)10(14)13-11(15)12-9/h4-5H,2-3H2,1H3,(H,16,17,18)(H2,12,13,14,15). The summed E-state index contributed by atoms with van der Waals surface area (Å²) in [6.45, 7) is 1.91. The van der Waals surface area contributed by atoms with Gasteiger partial charge in [-0.25, -0.2) is 4.79 Å². The Balaban J connectivity index is 3.03. The van der Waals surface area contributed by atoms with Gasteiger partial charge in [0.1, 0.15) is 4.90 Å². The van der Waals surface area contributed by atoms with Crippen LogP contribution in [0.2, 0.25) is 0 Å². The molecule has 0 saturated carbocycles. The first kappa shape index (κ1) is 13.5. The van der Waals surface area contributed by atoms with Gasteiger partial charge in [0.25, 0.3) is 15.7 Å². The molecule has 2 aromatic rings. The van der Waals surface area contributed by atoms with E-state index in [9.17, 15) is 18.0 Å². The molecule has 0 aliphatic heterocycles. The monoisotopic (exact) mass is 284 g/mol. The Labute approximate surface area is 108 Å². The van der Waals surface area contributed by atoms with Gasteiger partial charge in [0, 0.05) is 0 Å². The number of fused-ring (bicyclic) bond motifs is 1. The van der Waals surface area contributed by atoms with Crippen LogP contribution in [0.5, 0.6) is 0 Å². The van der Waals surface area contributed by atoms with Crippen LogP contribution in [0.15, 0.2) is 26.6 Å². The number of aromatic amines is 2. The highest BCUT2D eigenvalue weighted by Crippen LogP contribution is 2.21. The number of rotatable bonds is 3. The lowest BCUT2D eigenvalue weighted by atomic mass is 10.1. The average Bonchev–Trinajstić information content (AvgIpc) is 2.26. The van der Waals surface area contributed by atoms with Crippen molar-refractivity contribution >= 4 is 21.0 Å². The minimum atomic E-state index is -4.52. The molecule has 0 saturated heterocycles. The van der Waals surface area contributed by atoms with E-state index in [2.05, 4.69) is 4.98 Å². The van der Waals surface area contributed by atoms with Crippen LogP contribution in [0.4, 0.5) is 0 Å². The van der Waals surface area contributed by atoms with Crippen molar-refractivity contribution in [3.8, 4) is 0 Å². The molecule has 0 unspecified atom stereocenters. The Morgan fingerprint density at radius 3 is 2.47 bits per heavy atom. The molecule has 102 valence electrons. The molecule has 1 aromatic heterocycles. The van der Waals surface area contributed by atoms with Crippen LogP contribution in [-0.2, 0) is 16.5 Å². The van der Waals surface area contributed by atoms with Crippen molar-refractivity contribution in [1.82, 2.24) is 9.97 Å². The molecule has 0 bridgehead atoms. The molecule has 0 aliphatic rings. The van der Waals surface area contributed by atoms with Crippen molar-refractivity contribution in [3.63, 3.8) is 0 Å². The van der Waals surface area contributed by atoms with Gasteiger partial charge in [-0.3, -0.25) is 14.3 Å². The van der Waals surface area contributed by atoms with E-state index < -0.39 is 26.3 Å². The topological polar surface area (TPSA) is 120 Å². The fraction of sp³-hybridized carbons (Fsp3) is 0.273. The predicted octanol–water partition coefficient (Wildman–Crippen LogP) is 0.416. The molecule has 0 atom stereocenters. The zero-order valence-electron chi connectivity index (χ0n) is 10.1. The summed E-state index contributed by atoms with van der Waals surface area (Å²) in [4.78, 5) is 26.9. The van der Waals surface area contributed by atoms with E-state index >= 15 is 0 Å². The fourth-order valence-corrected chi connectivity index (χ4v) is 2.66. The lowest BCUT2D eigenvalue weighted by molar-refractivity contribution is 0.484. The van der Waals surface area contributed by atoms with Crippen LogP contribution in [-0.4, -0.2) is 22.9 Å². The van der Waals surface area contributed by atoms with Gasteiger partial charge in [0.15, 0.2) is 0 Å². The van der Waals surface area contributed by atoms with E-state index in [1.54, 1.807) is 0 Å². The van der Waals surface area contributed by atoms with E-state index in [1.807, 2.05) is 11.9 Å². The maximum atomic E-state index is 11.8. The van der Waals surface area contributed by atoms with E-state index in [0.717, 1.165) is 6.42 Å². The van der Waals surface area contributed by atoms with Gasteiger partial charge in [0.05, 0.1) is 10.9 Å². The number of benzene rings is 1. The lowest BCUT2D eigenvalue weighted by Gasteiger charge is -2.07. The van der Waals surface area contributed by atoms with Crippen molar-refractivity contribution in [2.24, 2.45) is 0 Å². The van der Waals surface area contributed by atoms with Gasteiger partial charge in [0.2, 0.25) is 0 Å². The van der Waals surface area contributed by atoms with Crippen molar-refractivity contribution in [2.45, 2.75) is 24.7 Å². The summed E-state index contributed by atoms with van der Waals surface area (Å²) in [6, 6.07) is 2.64. The molecule has 8 heteroatoms. The first-order chi connectivity index (χ1) is 8.84. The molecule has 0 spiro atoms. The van der Waals surface area contributed by atoms with Crippen molar-refractivity contribution in [1.29, 1.82) is 0 Å². The van der Waals surface area contributed by atoms with Crippen LogP contribution in [0.1, 0.15) is 18.9 Å². The fourth-order valence-electron chi connectivity index (χ4n) is 2.01. The van der Waals surface area contributed by atoms with Crippen LogP contribution in [0, 0.1) is 0 Å². The summed E-state index contributed by atoms with van der Waals surface area (Å²) >= 11 is 0. The number of hydrogen-bond acceptors (Lipinski definition) is 4. The summed E-state index contributed by atoms with van der Waals surface area (Å²) in [7, 11) is -4.52. The Bertz CT molecular complexity index is 847. The van der Waals surface area contributed by atoms with Gasteiger partial charge >= 0.3 is 5.69 Å². The van der Waals surface area contributed by atoms with Crippen molar-refractivity contribution in [2.75, 3.05) is 0 Å². The van der Waals surface area contributed by atoms with E-state index in [-0.39, 0.29) is 10.9 Å². The first-order valence-electron chi connectivity index (χ1n) is 5.60. The van der Waals surface area contributed by atoms with Crippen LogP contribution < -0.4 is 11.2 Å². The van der Waals surface area contributed by atoms with Gasteiger partial charge in [-0.15, -0.1) is 0 Å². The Kier molecular flexibility index (Phi) is 3.29. The summed E-state index contributed by atoms with van der Waals surface area (Å²) in [5.41, 5.74) is -1.05. The smallest absolute Gasteiger partial charge is 0.305 e. The summed E-state index contributed by atoms with van der Waals surface area (Å²) in [5, 5.41) is 0.0802. The number of hydrogen-bond donors (Lipinski definition) is 3. The molecule has 2 rings (SSSR count). The summed E-state index contributed by atoms with van der Waals surface area (Å²) < 4.78 is 31.6. The number of aromatic nitrogens is 2. The number of nitrogens with one attached hydrogen (secondary N) is 2. The molecule has 1 heterocycles. The van der Waals surface area contributed by atoms with Crippen molar-refractivity contribution in [3.05, 3.63) is 38.5 Å². The molecule has 0 radical (unpaired) electrons. The lowest BCUT2D eigenvalue weighted by Crippen LogP contribution is -2.24. The van der Waals surface area contributed by atoms with Gasteiger partial charge < -0.3 is 4.98 Å². The second-order valence-electron chi connectivity index (χ2n) is 4.11. The number of aryl methyl sites for hydroxylation is 1. The first-order valence-corrected chi connectivity index (χ1v) is 7.04. The average molecular weight is 284 g/mol. The third kappa shape index (κ3) is 2.45. The molecule has 0 amide bonds. The summed E-state index contributed by atoms with van der Waals surface area (Å²) in [6.07, 6.45) is 1.30. The molecule has 0 fully saturated rings. The van der Waals surface area contributed by atoms with Crippen LogP contribution in [0.25, 0.3) is 10.9 Å². The molecule has 3 N–H and O–H groups in total. The molecule has 1 aromatic carbocycles. The minimum Gasteiger partial charge on any atom is -0.305 e. The van der Waals surface area contributed by atoms with Gasteiger partial charge in [-0.1, -0.05) is 19.4 Å². The van der Waals surface area contributed by atoms with E-state index in [4.69, 9.17) is 4.55 Å². The third-order valence-corrected chi connectivity index (χ3v) is 3.64. The van der Waals surface area contributed by atoms with E-state index in [0.29, 0.717) is 12.0 Å². The van der Waals surface area contributed by atoms with E-state index in [1.165, 1.54) is 12.1 Å². The zero-order valence-corrected chi connectivity index (χ0v) is 10.9. The zero-order chi connectivity index (χ0) is 14.2. The number of H-pyrrole nitrogens is 2. The summed E-state index contributed by atoms with van der Waals surface area (Å²) in [5.74, 6) is 0. The van der Waals surface area contributed by atoms with Crippen molar-refractivity contribution < 1.29 is 13.0 Å². The highest BCUT2D eigenvalue weighted by Gasteiger charge is 2.18. The molecular weight excluding hydrogens is 272 g/mol. The Morgan fingerprint density at radius 2 is 1.89 bits per heavy atom. The van der Waals surface area contributed by atoms with Gasteiger partial charge in [-0.05, 0) is 18.1 Å². The van der Waals surface area contributed by atoms with Crippen LogP contribution >= 0.6 is 0 Å². The predicted molar refractivity (Wildman–Crippen MR) is 69.0 cm³/mol. The quantitative estimate of drug-likeness (QED) is 0.705. The minimum absolute atomic E-state index is 0.0802. The highest BCUT2D eigenvalue weighted by atomic mass is 32.2. The second kappa shape index (κ2) is 4.63. The molecule has 7 nitrogen and oxygen atoms in total.